The van der Waals surface area contributed by atoms with Crippen molar-refractivity contribution in [3.63, 3.8) is 0 Å². The highest BCUT2D eigenvalue weighted by Crippen LogP contribution is 2.31. The summed E-state index contributed by atoms with van der Waals surface area (Å²) >= 11 is 13.5. The molecule has 2 aromatic heterocycles. The molecule has 0 atom stereocenters. The smallest absolute Gasteiger partial charge is 0.247 e. The molecule has 4 aromatic rings. The van der Waals surface area contributed by atoms with Gasteiger partial charge in [0.25, 0.3) is 0 Å². The van der Waals surface area contributed by atoms with Crippen LogP contribution in [0.15, 0.2) is 58.3 Å². The van der Waals surface area contributed by atoms with Gasteiger partial charge in [-0.2, -0.15) is 0 Å². The number of carbonyl (C=O) groups is 1. The average Bonchev–Trinajstić information content (AvgIpc) is 3.33. The highest BCUT2D eigenvalue weighted by atomic mass is 35.5. The van der Waals surface area contributed by atoms with E-state index in [2.05, 4.69) is 15.2 Å². The van der Waals surface area contributed by atoms with E-state index in [1.807, 2.05) is 46.7 Å². The van der Waals surface area contributed by atoms with E-state index in [1.165, 1.54) is 11.3 Å². The van der Waals surface area contributed by atoms with Crippen LogP contribution in [-0.4, -0.2) is 32.0 Å². The molecule has 1 aliphatic rings. The zero-order valence-corrected chi connectivity index (χ0v) is 19.2. The first kappa shape index (κ1) is 21.1. The number of nitrogens with zero attached hydrogens (tertiary/aromatic N) is 4. The highest BCUT2D eigenvalue weighted by Gasteiger charge is 2.34. The van der Waals surface area contributed by atoms with Gasteiger partial charge in [-0.25, -0.2) is 4.98 Å². The fraction of sp³-hybridized carbons (Fsp3) is 0.217. The third-order valence-corrected chi connectivity index (χ3v) is 6.55. The van der Waals surface area contributed by atoms with Gasteiger partial charge in [0.1, 0.15) is 5.01 Å². The van der Waals surface area contributed by atoms with E-state index in [0.29, 0.717) is 21.8 Å². The molecule has 162 valence electrons. The quantitative estimate of drug-likeness (QED) is 0.326. The summed E-state index contributed by atoms with van der Waals surface area (Å²) in [6, 6.07) is 14.9. The van der Waals surface area contributed by atoms with E-state index >= 15 is 0 Å². The Morgan fingerprint density at radius 1 is 1.06 bits per heavy atom. The number of rotatable bonds is 7. The second-order valence-corrected chi connectivity index (χ2v) is 9.32. The molecule has 32 heavy (non-hydrogen) atoms. The Hall–Kier alpha value is -2.74. The summed E-state index contributed by atoms with van der Waals surface area (Å²) in [6.45, 7) is 0.287. The summed E-state index contributed by atoms with van der Waals surface area (Å²) < 4.78 is 5.81. The molecule has 6 nitrogen and oxygen atoms in total. The van der Waals surface area contributed by atoms with Gasteiger partial charge in [0.05, 0.1) is 18.7 Å². The van der Waals surface area contributed by atoms with Gasteiger partial charge >= 0.3 is 0 Å². The molecule has 0 saturated heterocycles. The molecule has 1 fully saturated rings. The van der Waals surface area contributed by atoms with Gasteiger partial charge < -0.3 is 9.32 Å². The third-order valence-electron chi connectivity index (χ3n) is 5.13. The Balaban J connectivity index is 1.28. The fourth-order valence-corrected chi connectivity index (χ4v) is 4.51. The summed E-state index contributed by atoms with van der Waals surface area (Å²) in [5, 5.41) is 12.3. The number of hydrogen-bond acceptors (Lipinski definition) is 6. The second kappa shape index (κ2) is 9.02. The second-order valence-electron chi connectivity index (χ2n) is 7.59. The van der Waals surface area contributed by atoms with Gasteiger partial charge in [0.15, 0.2) is 0 Å². The molecule has 9 heteroatoms. The maximum absolute atomic E-state index is 13.1. The first-order chi connectivity index (χ1) is 15.5. The van der Waals surface area contributed by atoms with Crippen LogP contribution in [0.5, 0.6) is 0 Å². The first-order valence-electron chi connectivity index (χ1n) is 10.1. The van der Waals surface area contributed by atoms with Crippen LogP contribution in [0.1, 0.15) is 24.4 Å². The fourth-order valence-electron chi connectivity index (χ4n) is 3.38. The standard InChI is InChI=1S/C23H18Cl2N4O2S/c24-16-6-4-14(5-7-16)22-28-27-20(31-22)12-29(19-8-9-19)21(30)11-18-13-32-23(26-18)15-2-1-3-17(25)10-15/h1-7,10,13,19H,8-9,11-12H2. The van der Waals surface area contributed by atoms with Crippen molar-refractivity contribution in [3.05, 3.63) is 75.5 Å². The van der Waals surface area contributed by atoms with Crippen molar-refractivity contribution in [2.24, 2.45) is 0 Å². The third kappa shape index (κ3) is 4.85. The minimum Gasteiger partial charge on any atom is -0.419 e. The lowest BCUT2D eigenvalue weighted by molar-refractivity contribution is -0.132. The summed E-state index contributed by atoms with van der Waals surface area (Å²) in [4.78, 5) is 19.5. The van der Waals surface area contributed by atoms with Crippen molar-refractivity contribution >= 4 is 40.4 Å². The highest BCUT2D eigenvalue weighted by molar-refractivity contribution is 7.13. The van der Waals surface area contributed by atoms with E-state index in [4.69, 9.17) is 27.6 Å². The minimum absolute atomic E-state index is 0.00156. The van der Waals surface area contributed by atoms with Gasteiger partial charge in [-0.3, -0.25) is 4.79 Å². The molecule has 1 aliphatic carbocycles. The van der Waals surface area contributed by atoms with Crippen molar-refractivity contribution in [2.75, 3.05) is 0 Å². The maximum atomic E-state index is 13.1. The number of carbonyl (C=O) groups excluding carboxylic acids is 1. The maximum Gasteiger partial charge on any atom is 0.247 e. The molecule has 0 bridgehead atoms. The van der Waals surface area contributed by atoms with E-state index < -0.39 is 0 Å². The minimum atomic E-state index is 0.00156. The predicted molar refractivity (Wildman–Crippen MR) is 125 cm³/mol. The Kier molecular flexibility index (Phi) is 5.95. The van der Waals surface area contributed by atoms with Gasteiger partial charge in [-0.1, -0.05) is 35.3 Å². The SMILES string of the molecule is O=C(Cc1csc(-c2cccc(Cl)c2)n1)N(Cc1nnc(-c2ccc(Cl)cc2)o1)C1CC1. The average molecular weight is 485 g/mol. The Morgan fingerprint density at radius 3 is 2.62 bits per heavy atom. The van der Waals surface area contributed by atoms with E-state index in [1.54, 1.807) is 12.1 Å². The van der Waals surface area contributed by atoms with Crippen LogP contribution in [0.25, 0.3) is 22.0 Å². The van der Waals surface area contributed by atoms with Crippen molar-refractivity contribution in [2.45, 2.75) is 31.8 Å². The van der Waals surface area contributed by atoms with Gasteiger partial charge in [0, 0.05) is 32.6 Å². The van der Waals surface area contributed by atoms with E-state index in [-0.39, 0.29) is 24.9 Å². The molecule has 5 rings (SSSR count). The zero-order valence-electron chi connectivity index (χ0n) is 16.9. The zero-order chi connectivity index (χ0) is 22.1. The Labute approximate surface area is 198 Å². The first-order valence-corrected chi connectivity index (χ1v) is 11.8. The van der Waals surface area contributed by atoms with Crippen LogP contribution in [0.4, 0.5) is 0 Å². The largest absolute Gasteiger partial charge is 0.419 e. The topological polar surface area (TPSA) is 72.1 Å². The number of benzene rings is 2. The van der Waals surface area contributed by atoms with Crippen LogP contribution in [0.2, 0.25) is 10.0 Å². The van der Waals surface area contributed by atoms with Crippen molar-refractivity contribution in [3.8, 4) is 22.0 Å². The molecule has 1 saturated carbocycles. The summed E-state index contributed by atoms with van der Waals surface area (Å²) in [6.07, 6.45) is 2.19. The van der Waals surface area contributed by atoms with E-state index in [9.17, 15) is 4.79 Å². The van der Waals surface area contributed by atoms with Crippen molar-refractivity contribution in [1.29, 1.82) is 0 Å². The van der Waals surface area contributed by atoms with Crippen LogP contribution in [0.3, 0.4) is 0 Å². The summed E-state index contributed by atoms with van der Waals surface area (Å²) in [5.74, 6) is 0.820. The molecular formula is C23H18Cl2N4O2S. The number of halogens is 2. The lowest BCUT2D eigenvalue weighted by Gasteiger charge is -2.20. The van der Waals surface area contributed by atoms with Crippen LogP contribution in [0, 0.1) is 0 Å². The molecular weight excluding hydrogens is 467 g/mol. The van der Waals surface area contributed by atoms with Gasteiger partial charge in [-0.15, -0.1) is 21.5 Å². The number of thiazole rings is 1. The van der Waals surface area contributed by atoms with Crippen LogP contribution in [-0.2, 0) is 17.8 Å². The van der Waals surface area contributed by atoms with E-state index in [0.717, 1.165) is 34.7 Å². The predicted octanol–water partition coefficient (Wildman–Crippen LogP) is 5.90. The lowest BCUT2D eigenvalue weighted by Crippen LogP contribution is -2.34. The number of aromatic nitrogens is 3. The number of hydrogen-bond donors (Lipinski definition) is 0. The molecule has 0 aliphatic heterocycles. The summed E-state index contributed by atoms with van der Waals surface area (Å²) in [7, 11) is 0. The van der Waals surface area contributed by atoms with Gasteiger partial charge in [-0.05, 0) is 49.2 Å². The van der Waals surface area contributed by atoms with Crippen LogP contribution >= 0.6 is 34.5 Å². The molecule has 0 N–H and O–H groups in total. The number of amides is 1. The normalized spacial score (nSPS) is 13.3. The van der Waals surface area contributed by atoms with Crippen molar-refractivity contribution < 1.29 is 9.21 Å². The van der Waals surface area contributed by atoms with Gasteiger partial charge in [0.2, 0.25) is 17.7 Å². The molecule has 0 radical (unpaired) electrons. The molecule has 1 amide bonds. The molecule has 0 spiro atoms. The summed E-state index contributed by atoms with van der Waals surface area (Å²) in [5.41, 5.74) is 2.47. The Bertz CT molecular complexity index is 1250. The molecule has 0 unspecified atom stereocenters. The lowest BCUT2D eigenvalue weighted by atomic mass is 10.2. The molecule has 2 aromatic carbocycles. The Morgan fingerprint density at radius 2 is 1.88 bits per heavy atom. The van der Waals surface area contributed by atoms with Crippen molar-refractivity contribution in [1.82, 2.24) is 20.1 Å². The molecule has 2 heterocycles. The van der Waals surface area contributed by atoms with Crippen LogP contribution < -0.4 is 0 Å². The monoisotopic (exact) mass is 484 g/mol.